The van der Waals surface area contributed by atoms with Crippen molar-refractivity contribution in [2.24, 2.45) is 0 Å². The van der Waals surface area contributed by atoms with E-state index in [0.29, 0.717) is 0 Å². The van der Waals surface area contributed by atoms with Crippen LogP contribution < -0.4 is 20.6 Å². The molecule has 1 aromatic heterocycles. The molecule has 0 saturated heterocycles. The Hall–Kier alpha value is -6.78. The minimum Gasteiger partial charge on any atom is -0.456 e. The zero-order chi connectivity index (χ0) is 47.9. The Morgan fingerprint density at radius 2 is 1.12 bits per heavy atom. The Balaban J connectivity index is 1.28. The molecule has 0 fully saturated rings. The van der Waals surface area contributed by atoms with Gasteiger partial charge < -0.3 is 14.1 Å². The Kier molecular flexibility index (Phi) is 9.53. The lowest BCUT2D eigenvalue weighted by Crippen LogP contribution is -2.62. The van der Waals surface area contributed by atoms with E-state index in [-0.39, 0.29) is 28.5 Å². The lowest BCUT2D eigenvalue weighted by Gasteiger charge is -2.48. The number of benzene rings is 8. The smallest absolute Gasteiger partial charge is 0.336 e. The first-order valence-corrected chi connectivity index (χ1v) is 25.2. The number of anilines is 5. The number of nitrogens with zero attached hydrogens (tertiary/aromatic N) is 2. The van der Waals surface area contributed by atoms with Crippen molar-refractivity contribution in [2.75, 3.05) is 9.71 Å². The van der Waals surface area contributed by atoms with Crippen molar-refractivity contribution < 1.29 is 4.42 Å². The summed E-state index contributed by atoms with van der Waals surface area (Å²) in [6, 6.07) is 60.2. The van der Waals surface area contributed by atoms with Crippen molar-refractivity contribution in [1.82, 2.24) is 0 Å². The highest BCUT2D eigenvalue weighted by molar-refractivity contribution is 6.95. The average molecular weight is 899 g/mol. The van der Waals surface area contributed by atoms with E-state index in [1.54, 1.807) is 0 Å². The van der Waals surface area contributed by atoms with E-state index in [0.717, 1.165) is 46.2 Å². The van der Waals surface area contributed by atoms with Crippen LogP contribution >= 0.6 is 0 Å². The predicted octanol–water partition coefficient (Wildman–Crippen LogP) is 16.9. The van der Waals surface area contributed by atoms with Crippen LogP contribution in [-0.4, -0.2) is 6.85 Å². The van der Waals surface area contributed by atoms with Crippen molar-refractivity contribution in [1.29, 1.82) is 0 Å². The van der Waals surface area contributed by atoms with Gasteiger partial charge in [0.1, 0.15) is 11.2 Å². The fourth-order valence-electron chi connectivity index (χ4n) is 12.0. The summed E-state index contributed by atoms with van der Waals surface area (Å²) in [5.41, 5.74) is 24.5. The maximum atomic E-state index is 7.27. The van der Waals surface area contributed by atoms with Gasteiger partial charge >= 0.3 is 6.85 Å². The summed E-state index contributed by atoms with van der Waals surface area (Å²) in [5, 5.41) is 2.27. The highest BCUT2D eigenvalue weighted by atomic mass is 16.3. The molecule has 0 saturated carbocycles. The summed E-state index contributed by atoms with van der Waals surface area (Å²) in [6.45, 7) is 25.8. The molecule has 0 N–H and O–H groups in total. The first kappa shape index (κ1) is 43.5. The van der Waals surface area contributed by atoms with E-state index in [1.807, 2.05) is 0 Å². The fourth-order valence-corrected chi connectivity index (χ4v) is 12.0. The van der Waals surface area contributed by atoms with Crippen molar-refractivity contribution in [3.8, 4) is 33.4 Å². The van der Waals surface area contributed by atoms with Crippen LogP contribution in [0.1, 0.15) is 110 Å². The van der Waals surface area contributed by atoms with Crippen LogP contribution in [0.4, 0.5) is 28.4 Å². The molecule has 0 bridgehead atoms. The van der Waals surface area contributed by atoms with Gasteiger partial charge in [-0.2, -0.15) is 0 Å². The Labute approximate surface area is 409 Å². The number of hydrogen-bond donors (Lipinski definition) is 0. The van der Waals surface area contributed by atoms with Crippen molar-refractivity contribution in [3.63, 3.8) is 0 Å². The summed E-state index contributed by atoms with van der Waals surface area (Å²) < 4.78 is 7.27. The predicted molar refractivity (Wildman–Crippen MR) is 296 cm³/mol. The Morgan fingerprint density at radius 1 is 0.478 bits per heavy atom. The van der Waals surface area contributed by atoms with E-state index in [2.05, 4.69) is 244 Å². The van der Waals surface area contributed by atoms with Crippen LogP contribution in [0, 0.1) is 6.92 Å². The number of fused-ring (bicyclic) bond motifs is 9. The molecule has 2 aliphatic heterocycles. The van der Waals surface area contributed by atoms with Gasteiger partial charge in [-0.05, 0) is 164 Å². The van der Waals surface area contributed by atoms with Crippen LogP contribution in [0.15, 0.2) is 162 Å². The number of rotatable bonds is 4. The van der Waals surface area contributed by atoms with E-state index in [4.69, 9.17) is 4.42 Å². The highest BCUT2D eigenvalue weighted by Gasteiger charge is 2.49. The van der Waals surface area contributed by atoms with E-state index >= 15 is 0 Å². The van der Waals surface area contributed by atoms with Crippen molar-refractivity contribution >= 4 is 68.1 Å². The van der Waals surface area contributed by atoms with E-state index in [1.165, 1.54) is 89.2 Å². The molecule has 3 nitrogen and oxygen atoms in total. The summed E-state index contributed by atoms with van der Waals surface area (Å²) in [4.78, 5) is 5.30. The highest BCUT2D eigenvalue weighted by Crippen LogP contribution is 2.55. The van der Waals surface area contributed by atoms with E-state index < -0.39 is 0 Å². The Morgan fingerprint density at radius 3 is 1.83 bits per heavy atom. The van der Waals surface area contributed by atoms with Gasteiger partial charge in [-0.25, -0.2) is 0 Å². The molecule has 0 atom stereocenters. The van der Waals surface area contributed by atoms with Gasteiger partial charge in [-0.3, -0.25) is 0 Å². The van der Waals surface area contributed by atoms with Crippen LogP contribution in [0.3, 0.4) is 0 Å². The second-order valence-corrected chi connectivity index (χ2v) is 23.7. The molecule has 12 rings (SSSR count). The minimum absolute atomic E-state index is 0.0101. The molecule has 69 heavy (non-hydrogen) atoms. The standard InChI is InChI=1S/C65H63BN2O/c1-40-19-15-16-22-46(40)42-35-51-50-38-52-53(65(10,11)34-33-64(52,8)9)39-56(50)68(45-28-25-43(26-29-45)62(2,3)4)66-59(51)57(36-42)67(55-32-30-48-47-23-17-18-24-58(47)69-61(48)60(55)66)54-31-27-44(63(5,6)7)37-49(54)41-20-13-12-14-21-41/h12-32,35-39H,33-34H2,1-11H3. The summed E-state index contributed by atoms with van der Waals surface area (Å²) >= 11 is 0. The number of para-hydroxylation sites is 1. The van der Waals surface area contributed by atoms with Crippen LogP contribution in [0.25, 0.3) is 55.3 Å². The molecule has 0 amide bonds. The lowest BCUT2D eigenvalue weighted by molar-refractivity contribution is 0.332. The molecular weight excluding hydrogens is 836 g/mol. The second kappa shape index (κ2) is 15.1. The van der Waals surface area contributed by atoms with E-state index in [9.17, 15) is 0 Å². The number of furan rings is 1. The third-order valence-electron chi connectivity index (χ3n) is 16.2. The third-order valence-corrected chi connectivity index (χ3v) is 16.2. The normalized spacial score (nSPS) is 15.8. The second-order valence-electron chi connectivity index (χ2n) is 23.7. The van der Waals surface area contributed by atoms with Crippen LogP contribution in [0.2, 0.25) is 0 Å². The van der Waals surface area contributed by atoms with Crippen LogP contribution in [0.5, 0.6) is 0 Å². The molecule has 8 aromatic carbocycles. The first-order chi connectivity index (χ1) is 32.9. The average Bonchev–Trinajstić information content (AvgIpc) is 3.71. The largest absolute Gasteiger partial charge is 0.456 e. The van der Waals surface area contributed by atoms with Crippen molar-refractivity contribution in [3.05, 3.63) is 186 Å². The zero-order valence-corrected chi connectivity index (χ0v) is 42.3. The first-order valence-electron chi connectivity index (χ1n) is 25.2. The molecule has 0 radical (unpaired) electrons. The summed E-state index contributed by atoms with van der Waals surface area (Å²) in [7, 11) is 0. The zero-order valence-electron chi connectivity index (χ0n) is 42.3. The monoisotopic (exact) mass is 899 g/mol. The topological polar surface area (TPSA) is 19.6 Å². The number of aryl methyl sites for hydroxylation is 1. The summed E-state index contributed by atoms with van der Waals surface area (Å²) in [5.74, 6) is 0. The van der Waals surface area contributed by atoms with Gasteiger partial charge in [0.15, 0.2) is 0 Å². The van der Waals surface area contributed by atoms with Crippen molar-refractivity contribution in [2.45, 2.75) is 111 Å². The van der Waals surface area contributed by atoms with Gasteiger partial charge in [0.05, 0.1) is 5.69 Å². The number of hydrogen-bond acceptors (Lipinski definition) is 3. The molecule has 1 aliphatic carbocycles. The molecular formula is C65H63BN2O. The molecule has 4 heteroatoms. The minimum atomic E-state index is -0.226. The molecule has 3 heterocycles. The SMILES string of the molecule is Cc1ccccc1-c1cc2c3c(c1)N(c1ccc(C(C)(C)C)cc1-c1ccccc1)c1ccc4c(oc5ccccc54)c1B3N(c1ccc(C(C)(C)C)cc1)c1cc3c(cc1-2)C(C)(C)CCC3(C)C. The van der Waals surface area contributed by atoms with Gasteiger partial charge in [0.25, 0.3) is 0 Å². The molecule has 0 unspecified atom stereocenters. The maximum absolute atomic E-state index is 7.27. The quantitative estimate of drug-likeness (QED) is 0.164. The van der Waals surface area contributed by atoms with Gasteiger partial charge in [-0.15, -0.1) is 0 Å². The lowest BCUT2D eigenvalue weighted by atomic mass is 9.43. The molecule has 0 spiro atoms. The van der Waals surface area contributed by atoms with Gasteiger partial charge in [-0.1, -0.05) is 160 Å². The Bertz CT molecular complexity index is 3540. The maximum Gasteiger partial charge on any atom is 0.336 e. The summed E-state index contributed by atoms with van der Waals surface area (Å²) in [6.07, 6.45) is 2.29. The fraction of sp³-hybridized carbons (Fsp3) is 0.262. The molecule has 3 aliphatic rings. The molecule has 9 aromatic rings. The van der Waals surface area contributed by atoms with Gasteiger partial charge in [0.2, 0.25) is 0 Å². The molecule has 342 valence electrons. The van der Waals surface area contributed by atoms with Gasteiger partial charge in [0, 0.05) is 50.1 Å². The van der Waals surface area contributed by atoms with Crippen LogP contribution in [-0.2, 0) is 21.7 Å². The third kappa shape index (κ3) is 6.76.